The minimum Gasteiger partial charge on any atom is -0.497 e. The molecule has 0 bridgehead atoms. The van der Waals surface area contributed by atoms with Gasteiger partial charge in [-0.2, -0.15) is 0 Å². The Labute approximate surface area is 153 Å². The normalized spacial score (nSPS) is 18.8. The summed E-state index contributed by atoms with van der Waals surface area (Å²) in [5, 5.41) is 11.2. The van der Waals surface area contributed by atoms with Gasteiger partial charge in [-0.3, -0.25) is 9.59 Å². The van der Waals surface area contributed by atoms with Gasteiger partial charge in [-0.25, -0.2) is 0 Å². The SMILES string of the molecule is COc1ccc(CN2C(=O)C(O)(CC(C)=O)c3c(C)ccc(C)c32)cc1. The number of amides is 1. The number of nitrogens with zero attached hydrogens (tertiary/aromatic N) is 1. The van der Waals surface area contributed by atoms with Gasteiger partial charge in [0, 0.05) is 12.0 Å². The van der Waals surface area contributed by atoms with Crippen LogP contribution in [0.3, 0.4) is 0 Å². The van der Waals surface area contributed by atoms with Gasteiger partial charge in [0.05, 0.1) is 19.3 Å². The van der Waals surface area contributed by atoms with Crippen LogP contribution in [0.1, 0.15) is 35.6 Å². The molecular weight excluding hydrogens is 330 g/mol. The first-order valence-electron chi connectivity index (χ1n) is 8.55. The summed E-state index contributed by atoms with van der Waals surface area (Å²) in [5.74, 6) is 0.0666. The lowest BCUT2D eigenvalue weighted by Crippen LogP contribution is -2.41. The molecule has 1 aliphatic rings. The zero-order chi connectivity index (χ0) is 19.1. The zero-order valence-corrected chi connectivity index (χ0v) is 15.5. The van der Waals surface area contributed by atoms with Gasteiger partial charge in [-0.15, -0.1) is 0 Å². The molecule has 1 heterocycles. The van der Waals surface area contributed by atoms with E-state index in [2.05, 4.69) is 0 Å². The van der Waals surface area contributed by atoms with E-state index in [0.717, 1.165) is 22.4 Å². The molecule has 5 heteroatoms. The molecule has 1 N–H and O–H groups in total. The molecule has 0 aromatic heterocycles. The second kappa shape index (κ2) is 6.57. The maximum Gasteiger partial charge on any atom is 0.264 e. The van der Waals surface area contributed by atoms with Gasteiger partial charge in [0.1, 0.15) is 11.5 Å². The van der Waals surface area contributed by atoms with E-state index in [1.54, 1.807) is 12.0 Å². The Morgan fingerprint density at radius 2 is 1.73 bits per heavy atom. The minimum atomic E-state index is -1.80. The van der Waals surface area contributed by atoms with E-state index in [4.69, 9.17) is 4.74 Å². The fraction of sp³-hybridized carbons (Fsp3) is 0.333. The van der Waals surface area contributed by atoms with Gasteiger partial charge in [0.15, 0.2) is 5.60 Å². The summed E-state index contributed by atoms with van der Waals surface area (Å²) in [6.07, 6.45) is -0.220. The van der Waals surface area contributed by atoms with Crippen molar-refractivity contribution in [1.29, 1.82) is 0 Å². The number of ketones is 1. The van der Waals surface area contributed by atoms with Crippen LogP contribution in [0.15, 0.2) is 36.4 Å². The number of carbonyl (C=O) groups is 2. The number of hydrogen-bond acceptors (Lipinski definition) is 4. The average molecular weight is 353 g/mol. The number of methoxy groups -OCH3 is 1. The second-order valence-corrected chi connectivity index (χ2v) is 6.90. The Morgan fingerprint density at radius 1 is 1.12 bits per heavy atom. The first kappa shape index (κ1) is 18.1. The Kier molecular flexibility index (Phi) is 4.59. The molecule has 0 spiro atoms. The highest BCUT2D eigenvalue weighted by Gasteiger charge is 2.51. The quantitative estimate of drug-likeness (QED) is 0.897. The predicted octanol–water partition coefficient (Wildman–Crippen LogP) is 3.03. The Balaban J connectivity index is 2.08. The fourth-order valence-corrected chi connectivity index (χ4v) is 3.69. The molecule has 0 saturated carbocycles. The van der Waals surface area contributed by atoms with Crippen LogP contribution < -0.4 is 9.64 Å². The van der Waals surface area contributed by atoms with Crippen molar-refractivity contribution in [3.05, 3.63) is 58.7 Å². The van der Waals surface area contributed by atoms with Gasteiger partial charge in [0.25, 0.3) is 5.91 Å². The third-order valence-corrected chi connectivity index (χ3v) is 4.87. The monoisotopic (exact) mass is 353 g/mol. The molecule has 136 valence electrons. The molecule has 1 unspecified atom stereocenters. The van der Waals surface area contributed by atoms with E-state index in [1.165, 1.54) is 6.92 Å². The lowest BCUT2D eigenvalue weighted by molar-refractivity contribution is -0.141. The average Bonchev–Trinajstić information content (AvgIpc) is 2.81. The highest BCUT2D eigenvalue weighted by molar-refractivity contribution is 6.09. The summed E-state index contributed by atoms with van der Waals surface area (Å²) < 4.78 is 5.17. The molecule has 2 aromatic carbocycles. The molecule has 1 amide bonds. The van der Waals surface area contributed by atoms with Crippen molar-refractivity contribution in [3.63, 3.8) is 0 Å². The number of Topliss-reactive ketones (excluding diaryl/α,β-unsaturated/α-hetero) is 1. The van der Waals surface area contributed by atoms with Crippen molar-refractivity contribution >= 4 is 17.4 Å². The molecular formula is C21H23NO4. The van der Waals surface area contributed by atoms with Crippen molar-refractivity contribution in [2.45, 2.75) is 39.3 Å². The number of fused-ring (bicyclic) bond motifs is 1. The molecule has 0 aliphatic carbocycles. The van der Waals surface area contributed by atoms with Gasteiger partial charge in [-0.05, 0) is 49.6 Å². The number of carbonyl (C=O) groups excluding carboxylic acids is 2. The molecule has 1 atom stereocenters. The van der Waals surface area contributed by atoms with Crippen molar-refractivity contribution < 1.29 is 19.4 Å². The van der Waals surface area contributed by atoms with Gasteiger partial charge in [0.2, 0.25) is 0 Å². The molecule has 1 aliphatic heterocycles. The Hall–Kier alpha value is -2.66. The van der Waals surface area contributed by atoms with Crippen molar-refractivity contribution in [1.82, 2.24) is 0 Å². The minimum absolute atomic E-state index is 0.220. The van der Waals surface area contributed by atoms with E-state index in [0.29, 0.717) is 17.8 Å². The first-order chi connectivity index (χ1) is 12.3. The Morgan fingerprint density at radius 3 is 2.31 bits per heavy atom. The summed E-state index contributed by atoms with van der Waals surface area (Å²) >= 11 is 0. The number of hydrogen-bond donors (Lipinski definition) is 1. The van der Waals surface area contributed by atoms with E-state index in [1.807, 2.05) is 50.2 Å². The number of rotatable bonds is 5. The van der Waals surface area contributed by atoms with Crippen LogP contribution in [0, 0.1) is 13.8 Å². The van der Waals surface area contributed by atoms with Gasteiger partial charge in [-0.1, -0.05) is 24.3 Å². The lowest BCUT2D eigenvalue weighted by atomic mass is 9.86. The summed E-state index contributed by atoms with van der Waals surface area (Å²) in [6.45, 7) is 5.47. The van der Waals surface area contributed by atoms with Crippen LogP contribution in [0.4, 0.5) is 5.69 Å². The number of aryl methyl sites for hydroxylation is 2. The Bertz CT molecular complexity index is 872. The largest absolute Gasteiger partial charge is 0.497 e. The highest BCUT2D eigenvalue weighted by Crippen LogP contribution is 2.46. The van der Waals surface area contributed by atoms with Gasteiger partial charge < -0.3 is 14.7 Å². The third kappa shape index (κ3) is 2.88. The van der Waals surface area contributed by atoms with E-state index >= 15 is 0 Å². The van der Waals surface area contributed by atoms with Crippen LogP contribution in [0.2, 0.25) is 0 Å². The van der Waals surface area contributed by atoms with Crippen molar-refractivity contribution in [2.24, 2.45) is 0 Å². The van der Waals surface area contributed by atoms with Crippen LogP contribution in [0.5, 0.6) is 5.75 Å². The maximum atomic E-state index is 13.2. The topological polar surface area (TPSA) is 66.8 Å². The van der Waals surface area contributed by atoms with Crippen molar-refractivity contribution in [3.8, 4) is 5.75 Å². The summed E-state index contributed by atoms with van der Waals surface area (Å²) in [6, 6.07) is 11.3. The number of ether oxygens (including phenoxy) is 1. The smallest absolute Gasteiger partial charge is 0.264 e. The summed E-state index contributed by atoms with van der Waals surface area (Å²) in [7, 11) is 1.60. The molecule has 26 heavy (non-hydrogen) atoms. The van der Waals surface area contributed by atoms with Crippen LogP contribution in [-0.2, 0) is 21.7 Å². The van der Waals surface area contributed by atoms with Crippen LogP contribution >= 0.6 is 0 Å². The summed E-state index contributed by atoms with van der Waals surface area (Å²) in [5.41, 5.74) is 2.06. The number of benzene rings is 2. The first-order valence-corrected chi connectivity index (χ1v) is 8.55. The van der Waals surface area contributed by atoms with E-state index < -0.39 is 11.5 Å². The van der Waals surface area contributed by atoms with Crippen molar-refractivity contribution in [2.75, 3.05) is 12.0 Å². The predicted molar refractivity (Wildman–Crippen MR) is 99.3 cm³/mol. The van der Waals surface area contributed by atoms with Crippen LogP contribution in [-0.4, -0.2) is 23.9 Å². The standard InChI is InChI=1S/C21H23NO4/c1-13-5-6-14(2)19-18(13)21(25,11-15(3)23)20(24)22(19)12-16-7-9-17(26-4)10-8-16/h5-10,25H,11-12H2,1-4H3. The molecule has 5 nitrogen and oxygen atoms in total. The molecule has 0 fully saturated rings. The van der Waals surface area contributed by atoms with Gasteiger partial charge >= 0.3 is 0 Å². The zero-order valence-electron chi connectivity index (χ0n) is 15.5. The molecule has 3 rings (SSSR count). The molecule has 0 saturated heterocycles. The third-order valence-electron chi connectivity index (χ3n) is 4.87. The summed E-state index contributed by atoms with van der Waals surface area (Å²) in [4.78, 5) is 26.5. The van der Waals surface area contributed by atoms with E-state index in [9.17, 15) is 14.7 Å². The number of anilines is 1. The highest BCUT2D eigenvalue weighted by atomic mass is 16.5. The lowest BCUT2D eigenvalue weighted by Gasteiger charge is -2.23. The molecule has 2 aromatic rings. The maximum absolute atomic E-state index is 13.2. The molecule has 0 radical (unpaired) electrons. The van der Waals surface area contributed by atoms with E-state index in [-0.39, 0.29) is 12.2 Å². The number of aliphatic hydroxyl groups is 1. The van der Waals surface area contributed by atoms with Crippen LogP contribution in [0.25, 0.3) is 0 Å². The fourth-order valence-electron chi connectivity index (χ4n) is 3.69. The second-order valence-electron chi connectivity index (χ2n) is 6.90.